The monoisotopic (exact) mass is 272 g/mol. The van der Waals surface area contributed by atoms with Crippen LogP contribution < -0.4 is 11.1 Å². The van der Waals surface area contributed by atoms with Crippen molar-refractivity contribution in [2.24, 2.45) is 11.7 Å². The number of rotatable bonds is 3. The van der Waals surface area contributed by atoms with Gasteiger partial charge in [-0.2, -0.15) is 0 Å². The Morgan fingerprint density at radius 2 is 2.10 bits per heavy atom. The van der Waals surface area contributed by atoms with Crippen LogP contribution in [0.4, 0.5) is 0 Å². The largest absolute Gasteiger partial charge is 0.355 e. The van der Waals surface area contributed by atoms with Crippen LogP contribution in [0.5, 0.6) is 0 Å². The fraction of sp³-hybridized carbons (Fsp3) is 0.588. The molecule has 20 heavy (non-hydrogen) atoms. The molecular weight excluding hydrogens is 248 g/mol. The Balaban J connectivity index is 1.54. The van der Waals surface area contributed by atoms with Gasteiger partial charge in [0.05, 0.1) is 0 Å². The molecule has 1 amide bonds. The molecule has 1 saturated carbocycles. The second kappa shape index (κ2) is 5.96. The lowest BCUT2D eigenvalue weighted by molar-refractivity contribution is -0.126. The van der Waals surface area contributed by atoms with Gasteiger partial charge in [-0.25, -0.2) is 0 Å². The molecule has 3 nitrogen and oxygen atoms in total. The molecule has 1 aromatic rings. The van der Waals surface area contributed by atoms with Gasteiger partial charge in [0.15, 0.2) is 0 Å². The van der Waals surface area contributed by atoms with E-state index in [9.17, 15) is 4.79 Å². The molecule has 3 heteroatoms. The van der Waals surface area contributed by atoms with E-state index in [1.807, 2.05) is 0 Å². The number of hydrogen-bond donors (Lipinski definition) is 2. The number of nitrogens with two attached hydrogens (primary N) is 1. The van der Waals surface area contributed by atoms with E-state index in [2.05, 4.69) is 29.6 Å². The highest BCUT2D eigenvalue weighted by Crippen LogP contribution is 2.32. The third-order valence-electron chi connectivity index (χ3n) is 4.87. The van der Waals surface area contributed by atoms with Gasteiger partial charge in [-0.15, -0.1) is 0 Å². The summed E-state index contributed by atoms with van der Waals surface area (Å²) in [5.74, 6) is 0.840. The van der Waals surface area contributed by atoms with Crippen molar-refractivity contribution in [3.63, 3.8) is 0 Å². The average Bonchev–Trinajstić information content (AvgIpc) is 2.88. The number of benzene rings is 1. The summed E-state index contributed by atoms with van der Waals surface area (Å²) in [4.78, 5) is 12.2. The molecule has 3 N–H and O–H groups in total. The molecule has 0 bridgehead atoms. The Bertz CT molecular complexity index is 486. The molecule has 0 spiro atoms. The zero-order valence-corrected chi connectivity index (χ0v) is 12.0. The number of nitrogens with one attached hydrogen (secondary N) is 1. The lowest BCUT2D eigenvalue weighted by Crippen LogP contribution is -2.39. The van der Waals surface area contributed by atoms with Crippen molar-refractivity contribution >= 4 is 5.91 Å². The Kier molecular flexibility index (Phi) is 4.06. The van der Waals surface area contributed by atoms with E-state index in [1.165, 1.54) is 11.1 Å². The number of fused-ring (bicyclic) bond motifs is 1. The van der Waals surface area contributed by atoms with Gasteiger partial charge >= 0.3 is 0 Å². The molecule has 2 aliphatic rings. The lowest BCUT2D eigenvalue weighted by atomic mass is 9.85. The fourth-order valence-electron chi connectivity index (χ4n) is 3.69. The molecule has 0 heterocycles. The molecule has 0 aliphatic heterocycles. The van der Waals surface area contributed by atoms with Crippen LogP contribution in [0, 0.1) is 5.92 Å². The molecule has 0 aromatic heterocycles. The first-order chi connectivity index (χ1) is 9.74. The Hall–Kier alpha value is -1.35. The Labute approximate surface area is 120 Å². The highest BCUT2D eigenvalue weighted by Gasteiger charge is 2.27. The topological polar surface area (TPSA) is 55.1 Å². The first-order valence-electron chi connectivity index (χ1n) is 7.85. The first-order valence-corrected chi connectivity index (χ1v) is 7.85. The third kappa shape index (κ3) is 2.88. The van der Waals surface area contributed by atoms with Crippen molar-refractivity contribution in [1.82, 2.24) is 5.32 Å². The number of amides is 1. The predicted octanol–water partition coefficient (Wildman–Crippen LogP) is 2.35. The molecule has 2 aliphatic carbocycles. The Morgan fingerprint density at radius 1 is 1.25 bits per heavy atom. The predicted molar refractivity (Wildman–Crippen MR) is 80.4 cm³/mol. The van der Waals surface area contributed by atoms with Gasteiger partial charge in [0.25, 0.3) is 0 Å². The fourth-order valence-corrected chi connectivity index (χ4v) is 3.69. The van der Waals surface area contributed by atoms with E-state index in [4.69, 9.17) is 5.73 Å². The van der Waals surface area contributed by atoms with Gasteiger partial charge in [0, 0.05) is 24.4 Å². The summed E-state index contributed by atoms with van der Waals surface area (Å²) >= 11 is 0. The van der Waals surface area contributed by atoms with E-state index >= 15 is 0 Å². The lowest BCUT2D eigenvalue weighted by Gasteiger charge is -2.26. The Morgan fingerprint density at radius 3 is 2.95 bits per heavy atom. The normalized spacial score (nSPS) is 28.9. The SMILES string of the molecule is NC1CCCC(C(=O)NCC2CCc3ccccc32)C1. The second-order valence-corrected chi connectivity index (χ2v) is 6.30. The van der Waals surface area contributed by atoms with Gasteiger partial charge < -0.3 is 11.1 Å². The van der Waals surface area contributed by atoms with E-state index in [0.29, 0.717) is 5.92 Å². The van der Waals surface area contributed by atoms with E-state index in [-0.39, 0.29) is 17.9 Å². The van der Waals surface area contributed by atoms with Crippen molar-refractivity contribution in [2.75, 3.05) is 6.54 Å². The summed E-state index contributed by atoms with van der Waals surface area (Å²) in [6.45, 7) is 0.779. The summed E-state index contributed by atoms with van der Waals surface area (Å²) in [5.41, 5.74) is 8.84. The summed E-state index contributed by atoms with van der Waals surface area (Å²) in [5, 5.41) is 3.16. The minimum atomic E-state index is 0.135. The molecule has 0 radical (unpaired) electrons. The van der Waals surface area contributed by atoms with Crippen LogP contribution in [0.1, 0.15) is 49.1 Å². The van der Waals surface area contributed by atoms with Crippen LogP contribution in [0.3, 0.4) is 0 Å². The van der Waals surface area contributed by atoms with Gasteiger partial charge in [-0.05, 0) is 43.2 Å². The standard InChI is InChI=1S/C17H24N2O/c18-15-6-3-5-13(10-15)17(20)19-11-14-9-8-12-4-1-2-7-16(12)14/h1-2,4,7,13-15H,3,5-6,8-11,18H2,(H,19,20). The summed E-state index contributed by atoms with van der Waals surface area (Å²) < 4.78 is 0. The maximum Gasteiger partial charge on any atom is 0.223 e. The van der Waals surface area contributed by atoms with Crippen molar-refractivity contribution < 1.29 is 4.79 Å². The van der Waals surface area contributed by atoms with Crippen molar-refractivity contribution in [3.05, 3.63) is 35.4 Å². The highest BCUT2D eigenvalue weighted by molar-refractivity contribution is 5.78. The zero-order valence-electron chi connectivity index (χ0n) is 12.0. The van der Waals surface area contributed by atoms with Gasteiger partial charge in [-0.1, -0.05) is 30.7 Å². The van der Waals surface area contributed by atoms with Crippen LogP contribution in [-0.2, 0) is 11.2 Å². The number of carbonyl (C=O) groups is 1. The molecule has 3 atom stereocenters. The number of aryl methyl sites for hydroxylation is 1. The maximum atomic E-state index is 12.2. The van der Waals surface area contributed by atoms with Crippen LogP contribution in [0.15, 0.2) is 24.3 Å². The quantitative estimate of drug-likeness (QED) is 0.887. The highest BCUT2D eigenvalue weighted by atomic mass is 16.1. The minimum absolute atomic E-state index is 0.135. The van der Waals surface area contributed by atoms with Gasteiger partial charge in [-0.3, -0.25) is 4.79 Å². The average molecular weight is 272 g/mol. The molecular formula is C17H24N2O. The second-order valence-electron chi connectivity index (χ2n) is 6.30. The van der Waals surface area contributed by atoms with E-state index < -0.39 is 0 Å². The summed E-state index contributed by atoms with van der Waals surface area (Å²) in [7, 11) is 0. The minimum Gasteiger partial charge on any atom is -0.355 e. The van der Waals surface area contributed by atoms with Crippen molar-refractivity contribution in [2.45, 2.75) is 50.5 Å². The summed E-state index contributed by atoms with van der Waals surface area (Å²) in [6, 6.07) is 8.82. The zero-order chi connectivity index (χ0) is 13.9. The van der Waals surface area contributed by atoms with Gasteiger partial charge in [0.2, 0.25) is 5.91 Å². The van der Waals surface area contributed by atoms with Crippen LogP contribution in [-0.4, -0.2) is 18.5 Å². The summed E-state index contributed by atoms with van der Waals surface area (Å²) in [6.07, 6.45) is 6.31. The maximum absolute atomic E-state index is 12.2. The van der Waals surface area contributed by atoms with Crippen molar-refractivity contribution in [1.29, 1.82) is 0 Å². The molecule has 1 fully saturated rings. The first kappa shape index (κ1) is 13.6. The van der Waals surface area contributed by atoms with Crippen molar-refractivity contribution in [3.8, 4) is 0 Å². The van der Waals surface area contributed by atoms with Gasteiger partial charge in [0.1, 0.15) is 0 Å². The number of hydrogen-bond acceptors (Lipinski definition) is 2. The van der Waals surface area contributed by atoms with E-state index in [0.717, 1.165) is 45.1 Å². The third-order valence-corrected chi connectivity index (χ3v) is 4.87. The molecule has 108 valence electrons. The molecule has 0 saturated heterocycles. The molecule has 1 aromatic carbocycles. The molecule has 3 unspecified atom stereocenters. The van der Waals surface area contributed by atoms with Crippen LogP contribution in [0.25, 0.3) is 0 Å². The number of carbonyl (C=O) groups excluding carboxylic acids is 1. The smallest absolute Gasteiger partial charge is 0.223 e. The van der Waals surface area contributed by atoms with E-state index in [1.54, 1.807) is 0 Å². The van der Waals surface area contributed by atoms with Crippen LogP contribution >= 0.6 is 0 Å². The van der Waals surface area contributed by atoms with Crippen LogP contribution in [0.2, 0.25) is 0 Å². The molecule has 3 rings (SSSR count).